The largest absolute Gasteiger partial charge is 0.414 e. The fourth-order valence-corrected chi connectivity index (χ4v) is 3.21. The fraction of sp³-hybridized carbons (Fsp3) is 0.375. The van der Waals surface area contributed by atoms with Crippen LogP contribution in [0, 0.1) is 6.92 Å². The Balaban J connectivity index is 1.51. The van der Waals surface area contributed by atoms with Gasteiger partial charge in [-0.1, -0.05) is 29.4 Å². The van der Waals surface area contributed by atoms with E-state index in [9.17, 15) is 9.59 Å². The maximum Gasteiger partial charge on any atom is 0.277 e. The first-order chi connectivity index (χ1) is 12.0. The number of rotatable bonds is 6. The molecule has 9 heteroatoms. The SMILES string of the molecule is Cc1c(Cl)cccc1NC(=O)CSc1nnc(CN2CCCC2=O)o1. The lowest BCUT2D eigenvalue weighted by Gasteiger charge is -2.11. The van der Waals surface area contributed by atoms with Gasteiger partial charge in [-0.25, -0.2) is 0 Å². The van der Waals surface area contributed by atoms with E-state index in [1.165, 1.54) is 0 Å². The van der Waals surface area contributed by atoms with E-state index in [-0.39, 0.29) is 17.6 Å². The molecular formula is C16H17ClN4O3S. The number of halogens is 1. The molecule has 1 aliphatic heterocycles. The first-order valence-corrected chi connectivity index (χ1v) is 9.17. The standard InChI is InChI=1S/C16H17ClN4O3S/c1-10-11(17)4-2-5-12(10)18-13(22)9-25-16-20-19-14(24-16)8-21-7-3-6-15(21)23/h2,4-5H,3,6-9H2,1H3,(H,18,22). The van der Waals surface area contributed by atoms with Crippen LogP contribution in [0.2, 0.25) is 5.02 Å². The second-order valence-corrected chi connectivity index (χ2v) is 6.96. The number of amides is 2. The van der Waals surface area contributed by atoms with Gasteiger partial charge in [0.2, 0.25) is 17.7 Å². The zero-order valence-corrected chi connectivity index (χ0v) is 15.2. The number of hydrogen-bond acceptors (Lipinski definition) is 6. The third-order valence-corrected chi connectivity index (χ3v) is 5.04. The summed E-state index contributed by atoms with van der Waals surface area (Å²) >= 11 is 7.18. The van der Waals surface area contributed by atoms with Crippen molar-refractivity contribution in [2.75, 3.05) is 17.6 Å². The van der Waals surface area contributed by atoms with Crippen LogP contribution < -0.4 is 5.32 Å². The number of anilines is 1. The molecule has 1 saturated heterocycles. The monoisotopic (exact) mass is 380 g/mol. The lowest BCUT2D eigenvalue weighted by molar-refractivity contribution is -0.128. The van der Waals surface area contributed by atoms with Gasteiger partial charge < -0.3 is 14.6 Å². The molecule has 2 amide bonds. The number of nitrogens with zero attached hydrogens (tertiary/aromatic N) is 3. The Labute approximate surface area is 154 Å². The van der Waals surface area contributed by atoms with Crippen molar-refractivity contribution in [1.29, 1.82) is 0 Å². The topological polar surface area (TPSA) is 88.3 Å². The highest BCUT2D eigenvalue weighted by molar-refractivity contribution is 7.99. The van der Waals surface area contributed by atoms with Crippen LogP contribution in [0.3, 0.4) is 0 Å². The lowest BCUT2D eigenvalue weighted by atomic mass is 10.2. The minimum absolute atomic E-state index is 0.101. The number of hydrogen-bond donors (Lipinski definition) is 1. The second kappa shape index (κ2) is 7.88. The number of thioether (sulfide) groups is 1. The van der Waals surface area contributed by atoms with E-state index in [0.29, 0.717) is 41.3 Å². The van der Waals surface area contributed by atoms with Crippen molar-refractivity contribution >= 4 is 40.9 Å². The number of carbonyl (C=O) groups is 2. The Kier molecular flexibility index (Phi) is 5.60. The molecule has 0 unspecified atom stereocenters. The predicted molar refractivity (Wildman–Crippen MR) is 94.5 cm³/mol. The molecule has 3 rings (SSSR count). The average Bonchev–Trinajstić information content (AvgIpc) is 3.20. The van der Waals surface area contributed by atoms with Gasteiger partial charge in [-0.05, 0) is 31.0 Å². The van der Waals surface area contributed by atoms with Gasteiger partial charge in [0.05, 0.1) is 12.3 Å². The maximum atomic E-state index is 12.1. The van der Waals surface area contributed by atoms with E-state index in [1.807, 2.05) is 6.92 Å². The van der Waals surface area contributed by atoms with Gasteiger partial charge in [-0.15, -0.1) is 10.2 Å². The minimum atomic E-state index is -0.190. The Bertz CT molecular complexity index is 795. The molecule has 0 radical (unpaired) electrons. The number of carbonyl (C=O) groups excluding carboxylic acids is 2. The summed E-state index contributed by atoms with van der Waals surface area (Å²) in [4.78, 5) is 25.3. The molecule has 132 valence electrons. The predicted octanol–water partition coefficient (Wildman–Crippen LogP) is 2.88. The number of benzene rings is 1. The maximum absolute atomic E-state index is 12.1. The van der Waals surface area contributed by atoms with E-state index in [4.69, 9.17) is 16.0 Å². The molecule has 1 aromatic carbocycles. The Morgan fingerprint density at radius 3 is 3.04 bits per heavy atom. The molecule has 25 heavy (non-hydrogen) atoms. The van der Waals surface area contributed by atoms with Crippen molar-refractivity contribution in [2.24, 2.45) is 0 Å². The van der Waals surface area contributed by atoms with Crippen LogP contribution in [-0.2, 0) is 16.1 Å². The van der Waals surface area contributed by atoms with Crippen molar-refractivity contribution in [2.45, 2.75) is 31.5 Å². The summed E-state index contributed by atoms with van der Waals surface area (Å²) in [5.74, 6) is 0.424. The summed E-state index contributed by atoms with van der Waals surface area (Å²) in [6.07, 6.45) is 1.43. The van der Waals surface area contributed by atoms with Crippen molar-refractivity contribution in [3.05, 3.63) is 34.7 Å². The summed E-state index contributed by atoms with van der Waals surface area (Å²) in [5, 5.41) is 11.5. The lowest BCUT2D eigenvalue weighted by Crippen LogP contribution is -2.23. The van der Waals surface area contributed by atoms with E-state index in [2.05, 4.69) is 15.5 Å². The molecule has 0 spiro atoms. The summed E-state index contributed by atoms with van der Waals surface area (Å²) < 4.78 is 5.48. The quantitative estimate of drug-likeness (QED) is 0.775. The number of nitrogens with one attached hydrogen (secondary N) is 1. The molecular weight excluding hydrogens is 364 g/mol. The summed E-state index contributed by atoms with van der Waals surface area (Å²) in [5.41, 5.74) is 1.50. The Morgan fingerprint density at radius 2 is 2.28 bits per heavy atom. The normalized spacial score (nSPS) is 14.2. The van der Waals surface area contributed by atoms with Crippen molar-refractivity contribution in [3.63, 3.8) is 0 Å². The van der Waals surface area contributed by atoms with Crippen LogP contribution in [0.5, 0.6) is 0 Å². The second-order valence-electron chi connectivity index (χ2n) is 5.63. The molecule has 0 aliphatic carbocycles. The number of aromatic nitrogens is 2. The molecule has 1 aliphatic rings. The van der Waals surface area contributed by atoms with Crippen molar-refractivity contribution in [1.82, 2.24) is 15.1 Å². The van der Waals surface area contributed by atoms with Gasteiger partial charge in [0.15, 0.2) is 0 Å². The zero-order valence-electron chi connectivity index (χ0n) is 13.6. The van der Waals surface area contributed by atoms with Crippen LogP contribution in [0.4, 0.5) is 5.69 Å². The first-order valence-electron chi connectivity index (χ1n) is 7.81. The molecule has 1 N–H and O–H groups in total. The molecule has 1 fully saturated rings. The van der Waals surface area contributed by atoms with Crippen LogP contribution >= 0.6 is 23.4 Å². The van der Waals surface area contributed by atoms with Gasteiger partial charge in [0.25, 0.3) is 5.22 Å². The van der Waals surface area contributed by atoms with E-state index in [0.717, 1.165) is 23.7 Å². The van der Waals surface area contributed by atoms with Crippen LogP contribution in [-0.4, -0.2) is 39.2 Å². The van der Waals surface area contributed by atoms with Gasteiger partial charge >= 0.3 is 0 Å². The summed E-state index contributed by atoms with van der Waals surface area (Å²) in [7, 11) is 0. The van der Waals surface area contributed by atoms with Gasteiger partial charge in [0.1, 0.15) is 0 Å². The molecule has 0 saturated carbocycles. The van der Waals surface area contributed by atoms with E-state index < -0.39 is 0 Å². The summed E-state index contributed by atoms with van der Waals surface area (Å²) in [6.45, 7) is 2.88. The molecule has 2 aromatic rings. The van der Waals surface area contributed by atoms with E-state index >= 15 is 0 Å². The smallest absolute Gasteiger partial charge is 0.277 e. The highest BCUT2D eigenvalue weighted by atomic mass is 35.5. The third-order valence-electron chi connectivity index (χ3n) is 3.81. The summed E-state index contributed by atoms with van der Waals surface area (Å²) in [6, 6.07) is 5.34. The number of likely N-dealkylation sites (tertiary alicyclic amines) is 1. The van der Waals surface area contributed by atoms with Crippen molar-refractivity contribution in [3.8, 4) is 0 Å². The zero-order chi connectivity index (χ0) is 17.8. The highest BCUT2D eigenvalue weighted by Gasteiger charge is 2.22. The first kappa shape index (κ1) is 17.8. The fourth-order valence-electron chi connectivity index (χ4n) is 2.45. The third kappa shape index (κ3) is 4.52. The van der Waals surface area contributed by atoms with E-state index in [1.54, 1.807) is 23.1 Å². The van der Waals surface area contributed by atoms with Crippen molar-refractivity contribution < 1.29 is 14.0 Å². The van der Waals surface area contributed by atoms with Crippen LogP contribution in [0.15, 0.2) is 27.8 Å². The minimum Gasteiger partial charge on any atom is -0.414 e. The van der Waals surface area contributed by atoms with Gasteiger partial charge in [0, 0.05) is 23.7 Å². The van der Waals surface area contributed by atoms with Crippen LogP contribution in [0.1, 0.15) is 24.3 Å². The molecule has 0 bridgehead atoms. The molecule has 0 atom stereocenters. The molecule has 2 heterocycles. The molecule has 1 aromatic heterocycles. The molecule has 7 nitrogen and oxygen atoms in total. The highest BCUT2D eigenvalue weighted by Crippen LogP contribution is 2.24. The Morgan fingerprint density at radius 1 is 1.44 bits per heavy atom. The van der Waals surface area contributed by atoms with Crippen LogP contribution in [0.25, 0.3) is 0 Å². The van der Waals surface area contributed by atoms with Gasteiger partial charge in [-0.2, -0.15) is 0 Å². The van der Waals surface area contributed by atoms with Gasteiger partial charge in [-0.3, -0.25) is 9.59 Å². The Hall–Kier alpha value is -2.06. The average molecular weight is 381 g/mol.